The van der Waals surface area contributed by atoms with Crippen LogP contribution in [0.25, 0.3) is 0 Å². The molecular formula is C24H27N5. The van der Waals surface area contributed by atoms with Gasteiger partial charge in [-0.25, -0.2) is 4.99 Å². The molecule has 2 aromatic carbocycles. The van der Waals surface area contributed by atoms with Crippen LogP contribution in [-0.4, -0.2) is 11.7 Å². The molecule has 1 aliphatic heterocycles. The van der Waals surface area contributed by atoms with Crippen LogP contribution in [0.5, 0.6) is 0 Å². The highest BCUT2D eigenvalue weighted by molar-refractivity contribution is 6.20. The quantitative estimate of drug-likeness (QED) is 0.682. The topological polar surface area (TPSA) is 110 Å². The highest BCUT2D eigenvalue weighted by Crippen LogP contribution is 2.27. The van der Waals surface area contributed by atoms with Gasteiger partial charge in [-0.05, 0) is 40.2 Å². The third kappa shape index (κ3) is 4.89. The number of hydrogen-bond acceptors (Lipinski definition) is 4. The molecule has 29 heavy (non-hydrogen) atoms. The van der Waals surface area contributed by atoms with Crippen LogP contribution in [0.4, 0.5) is 0 Å². The normalized spacial score (nSPS) is 12.8. The van der Waals surface area contributed by atoms with E-state index < -0.39 is 0 Å². The van der Waals surface area contributed by atoms with Crippen LogP contribution in [0.3, 0.4) is 0 Å². The second kappa shape index (κ2) is 7.89. The highest BCUT2D eigenvalue weighted by atomic mass is 14.9. The zero-order chi connectivity index (χ0) is 22.0. The molecule has 0 atom stereocenters. The van der Waals surface area contributed by atoms with Gasteiger partial charge in [0.05, 0.1) is 11.1 Å². The Morgan fingerprint density at radius 2 is 1.31 bits per heavy atom. The van der Waals surface area contributed by atoms with Crippen molar-refractivity contribution in [1.82, 2.24) is 0 Å². The summed E-state index contributed by atoms with van der Waals surface area (Å²) in [6.07, 6.45) is 0. The lowest BCUT2D eigenvalue weighted by molar-refractivity contribution is 0.590. The molecule has 0 fully saturated rings. The van der Waals surface area contributed by atoms with Gasteiger partial charge in [-0.15, -0.1) is 0 Å². The van der Waals surface area contributed by atoms with Crippen molar-refractivity contribution < 1.29 is 0 Å². The lowest BCUT2D eigenvalue weighted by Gasteiger charge is -2.19. The number of benzene rings is 2. The van der Waals surface area contributed by atoms with Gasteiger partial charge >= 0.3 is 0 Å². The zero-order valence-electron chi connectivity index (χ0n) is 17.9. The minimum absolute atomic E-state index is 0.0135. The monoisotopic (exact) mass is 385 g/mol. The number of rotatable bonds is 0. The predicted octanol–water partition coefficient (Wildman–Crippen LogP) is 4.76. The van der Waals surface area contributed by atoms with E-state index >= 15 is 0 Å². The second-order valence-electron chi connectivity index (χ2n) is 9.09. The van der Waals surface area contributed by atoms with E-state index in [1.165, 1.54) is 5.56 Å². The summed E-state index contributed by atoms with van der Waals surface area (Å²) >= 11 is 0. The molecule has 3 rings (SSSR count). The van der Waals surface area contributed by atoms with Crippen molar-refractivity contribution in [3.05, 3.63) is 69.8 Å². The molecule has 1 aliphatic rings. The molecule has 0 aliphatic carbocycles. The summed E-state index contributed by atoms with van der Waals surface area (Å²) in [4.78, 5) is 3.96. The van der Waals surface area contributed by atoms with Crippen LogP contribution >= 0.6 is 0 Å². The Balaban J connectivity index is 0.000000208. The fourth-order valence-electron chi connectivity index (χ4n) is 2.87. The molecule has 0 saturated heterocycles. The smallest absolute Gasteiger partial charge is 0.154 e. The number of fused-ring (bicyclic) bond motifs is 1. The van der Waals surface area contributed by atoms with Gasteiger partial charge in [0.25, 0.3) is 0 Å². The van der Waals surface area contributed by atoms with Crippen LogP contribution in [0.15, 0.2) is 41.4 Å². The lowest BCUT2D eigenvalue weighted by Crippen LogP contribution is -2.14. The summed E-state index contributed by atoms with van der Waals surface area (Å²) in [6, 6.07) is 15.5. The van der Waals surface area contributed by atoms with Crippen LogP contribution < -0.4 is 5.73 Å². The molecule has 5 nitrogen and oxygen atoms in total. The van der Waals surface area contributed by atoms with Crippen LogP contribution in [0.2, 0.25) is 0 Å². The minimum atomic E-state index is 0.0135. The maximum absolute atomic E-state index is 8.84. The summed E-state index contributed by atoms with van der Waals surface area (Å²) in [5.41, 5.74) is 10.7. The third-order valence-corrected chi connectivity index (χ3v) is 4.78. The van der Waals surface area contributed by atoms with E-state index in [4.69, 9.17) is 21.7 Å². The molecule has 5 heteroatoms. The van der Waals surface area contributed by atoms with Crippen molar-refractivity contribution in [2.75, 3.05) is 0 Å². The maximum atomic E-state index is 8.84. The summed E-state index contributed by atoms with van der Waals surface area (Å²) in [5.74, 6) is 0.726. The summed E-state index contributed by atoms with van der Waals surface area (Å²) < 4.78 is 0. The molecule has 2 aromatic rings. The van der Waals surface area contributed by atoms with Gasteiger partial charge in [-0.2, -0.15) is 10.5 Å². The van der Waals surface area contributed by atoms with Gasteiger partial charge in [0.1, 0.15) is 18.0 Å². The first-order chi connectivity index (χ1) is 13.4. The Morgan fingerprint density at radius 1 is 0.793 bits per heavy atom. The largest absolute Gasteiger partial charge is 0.383 e. The standard InChI is InChI=1S/C12H15N3.C12H12N2/c1-12(2,3)7-4-5-8-9(6-7)11(14)15-10(8)13;1-12(2,3)11-5-4-9(7-13)10(6-11)8-14/h4-6H,1-3H3,(H3,13,14,15);4-6H,1-3H3. The van der Waals surface area contributed by atoms with E-state index in [9.17, 15) is 0 Å². The fourth-order valence-corrected chi connectivity index (χ4v) is 2.87. The highest BCUT2D eigenvalue weighted by Gasteiger charge is 2.22. The van der Waals surface area contributed by atoms with Gasteiger partial charge in [-0.3, -0.25) is 5.41 Å². The van der Waals surface area contributed by atoms with E-state index in [2.05, 4.69) is 52.6 Å². The van der Waals surface area contributed by atoms with Crippen molar-refractivity contribution in [2.45, 2.75) is 52.4 Å². The molecule has 0 unspecified atom stereocenters. The van der Waals surface area contributed by atoms with Crippen molar-refractivity contribution in [1.29, 1.82) is 15.9 Å². The summed E-state index contributed by atoms with van der Waals surface area (Å²) in [7, 11) is 0. The average Bonchev–Trinajstić information content (AvgIpc) is 2.93. The molecule has 148 valence electrons. The number of amidine groups is 2. The lowest BCUT2D eigenvalue weighted by atomic mass is 9.85. The minimum Gasteiger partial charge on any atom is -0.383 e. The van der Waals surface area contributed by atoms with Gasteiger partial charge in [0.2, 0.25) is 0 Å². The number of hydrogen-bond donors (Lipinski definition) is 2. The molecule has 0 amide bonds. The Hall–Kier alpha value is -3.44. The fraction of sp³-hybridized carbons (Fsp3) is 0.333. The Bertz CT molecular complexity index is 1060. The first-order valence-electron chi connectivity index (χ1n) is 9.41. The Labute approximate surface area is 173 Å². The molecular weight excluding hydrogens is 358 g/mol. The van der Waals surface area contributed by atoms with Crippen molar-refractivity contribution in [3.8, 4) is 12.1 Å². The van der Waals surface area contributed by atoms with E-state index in [1.807, 2.05) is 30.3 Å². The molecule has 1 heterocycles. The second-order valence-corrected chi connectivity index (χ2v) is 9.09. The van der Waals surface area contributed by atoms with Gasteiger partial charge in [0.15, 0.2) is 5.84 Å². The van der Waals surface area contributed by atoms with Crippen molar-refractivity contribution in [3.63, 3.8) is 0 Å². The van der Waals surface area contributed by atoms with Crippen LogP contribution in [0, 0.1) is 28.1 Å². The Morgan fingerprint density at radius 3 is 1.83 bits per heavy atom. The molecule has 0 radical (unpaired) electrons. The molecule has 0 bridgehead atoms. The number of nitrogens with zero attached hydrogens (tertiary/aromatic N) is 3. The van der Waals surface area contributed by atoms with Gasteiger partial charge in [0, 0.05) is 11.1 Å². The van der Waals surface area contributed by atoms with Crippen molar-refractivity contribution in [2.24, 2.45) is 10.7 Å². The van der Waals surface area contributed by atoms with Crippen LogP contribution in [0.1, 0.15) is 74.9 Å². The first kappa shape index (κ1) is 21.9. The SMILES string of the molecule is CC(C)(C)c1ccc(C#N)c(C#N)c1.CC(C)(C)c1ccc2c(c1)C(=N)N=C2N. The van der Waals surface area contributed by atoms with Crippen molar-refractivity contribution >= 4 is 11.7 Å². The van der Waals surface area contributed by atoms with E-state index in [-0.39, 0.29) is 16.7 Å². The van der Waals surface area contributed by atoms with Crippen LogP contribution in [-0.2, 0) is 10.8 Å². The molecule has 0 saturated carbocycles. The maximum Gasteiger partial charge on any atom is 0.154 e. The van der Waals surface area contributed by atoms with Gasteiger partial charge in [-0.1, -0.05) is 59.7 Å². The molecule has 0 spiro atoms. The number of nitrogens with one attached hydrogen (secondary N) is 1. The predicted molar refractivity (Wildman–Crippen MR) is 117 cm³/mol. The number of nitrogens with two attached hydrogens (primary N) is 1. The summed E-state index contributed by atoms with van der Waals surface area (Å²) in [5, 5.41) is 25.3. The number of aliphatic imine (C=N–C) groups is 1. The van der Waals surface area contributed by atoms with E-state index in [0.717, 1.165) is 16.7 Å². The molecule has 3 N–H and O–H groups in total. The van der Waals surface area contributed by atoms with Gasteiger partial charge < -0.3 is 5.73 Å². The first-order valence-corrected chi connectivity index (χ1v) is 9.41. The Kier molecular flexibility index (Phi) is 5.95. The van der Waals surface area contributed by atoms with E-state index in [1.54, 1.807) is 12.1 Å². The molecule has 0 aromatic heterocycles. The number of nitriles is 2. The summed E-state index contributed by atoms with van der Waals surface area (Å²) in [6.45, 7) is 12.7. The van der Waals surface area contributed by atoms with E-state index in [0.29, 0.717) is 17.0 Å². The zero-order valence-corrected chi connectivity index (χ0v) is 17.9. The third-order valence-electron chi connectivity index (χ3n) is 4.78. The average molecular weight is 386 g/mol.